The maximum atomic E-state index is 10.4. The van der Waals surface area contributed by atoms with Crippen molar-refractivity contribution in [2.24, 2.45) is 11.1 Å². The van der Waals surface area contributed by atoms with Crippen LogP contribution in [-0.4, -0.2) is 22.9 Å². The van der Waals surface area contributed by atoms with Crippen molar-refractivity contribution in [3.05, 3.63) is 0 Å². The second-order valence-electron chi connectivity index (χ2n) is 3.78. The van der Waals surface area contributed by atoms with E-state index >= 15 is 0 Å². The summed E-state index contributed by atoms with van der Waals surface area (Å²) in [5, 5.41) is 12.4. The van der Waals surface area contributed by atoms with E-state index in [9.17, 15) is 4.79 Å². The first kappa shape index (κ1) is 10.0. The number of carbonyl (C=O) groups is 1. The average Bonchev–Trinajstić information content (AvgIpc) is 2.33. The fourth-order valence-electron chi connectivity index (χ4n) is 1.38. The molecule has 0 aromatic heterocycles. The largest absolute Gasteiger partial charge is 0.481 e. The molecule has 1 unspecified atom stereocenters. The van der Waals surface area contributed by atoms with Gasteiger partial charge in [0.25, 0.3) is 0 Å². The van der Waals surface area contributed by atoms with Crippen LogP contribution in [0, 0.1) is 5.92 Å². The predicted octanol–water partition coefficient (Wildman–Crippen LogP) is 1.65. The van der Waals surface area contributed by atoms with Crippen LogP contribution in [0.3, 0.4) is 0 Å². The van der Waals surface area contributed by atoms with Gasteiger partial charge < -0.3 is 9.94 Å². The molecule has 0 saturated carbocycles. The quantitative estimate of drug-likeness (QED) is 0.724. The first-order valence-electron chi connectivity index (χ1n) is 4.51. The molecule has 1 N–H and O–H groups in total. The van der Waals surface area contributed by atoms with Crippen molar-refractivity contribution in [3.8, 4) is 0 Å². The molecule has 1 rings (SSSR count). The van der Waals surface area contributed by atoms with Crippen LogP contribution in [-0.2, 0) is 9.63 Å². The van der Waals surface area contributed by atoms with Crippen LogP contribution in [0.2, 0.25) is 0 Å². The van der Waals surface area contributed by atoms with Gasteiger partial charge in [-0.2, -0.15) is 0 Å². The van der Waals surface area contributed by atoms with Crippen molar-refractivity contribution in [1.82, 2.24) is 0 Å². The van der Waals surface area contributed by atoms with Gasteiger partial charge in [0.15, 0.2) is 0 Å². The smallest absolute Gasteiger partial charge is 0.307 e. The van der Waals surface area contributed by atoms with Gasteiger partial charge in [-0.3, -0.25) is 4.79 Å². The molecule has 0 radical (unpaired) electrons. The summed E-state index contributed by atoms with van der Waals surface area (Å²) in [6.07, 6.45) is 1.37. The normalized spacial score (nSPS) is 21.5. The van der Waals surface area contributed by atoms with E-state index in [4.69, 9.17) is 9.94 Å². The number of rotatable bonds is 4. The molecular weight excluding hydrogens is 170 g/mol. The molecule has 1 atom stereocenters. The summed E-state index contributed by atoms with van der Waals surface area (Å²) in [5.41, 5.74) is 0.987. The minimum Gasteiger partial charge on any atom is -0.481 e. The van der Waals surface area contributed by atoms with Crippen molar-refractivity contribution in [1.29, 1.82) is 0 Å². The lowest BCUT2D eigenvalue weighted by Crippen LogP contribution is -2.13. The third kappa shape index (κ3) is 3.44. The number of hydrogen-bond acceptors (Lipinski definition) is 3. The fourth-order valence-corrected chi connectivity index (χ4v) is 1.38. The second-order valence-corrected chi connectivity index (χ2v) is 3.78. The highest BCUT2D eigenvalue weighted by molar-refractivity contribution is 5.86. The van der Waals surface area contributed by atoms with Crippen molar-refractivity contribution >= 4 is 11.7 Å². The van der Waals surface area contributed by atoms with Crippen LogP contribution in [0.25, 0.3) is 0 Å². The van der Waals surface area contributed by atoms with E-state index in [-0.39, 0.29) is 12.5 Å². The van der Waals surface area contributed by atoms with Crippen molar-refractivity contribution in [2.45, 2.75) is 39.2 Å². The SMILES string of the molecule is CC(C)CC1=NOC(CC(=O)O)C1. The summed E-state index contributed by atoms with van der Waals surface area (Å²) in [5.74, 6) is -0.281. The Morgan fingerprint density at radius 1 is 1.77 bits per heavy atom. The highest BCUT2D eigenvalue weighted by Gasteiger charge is 2.23. The first-order valence-corrected chi connectivity index (χ1v) is 4.51. The van der Waals surface area contributed by atoms with Gasteiger partial charge in [-0.05, 0) is 12.3 Å². The molecule has 0 aliphatic carbocycles. The second kappa shape index (κ2) is 4.25. The summed E-state index contributed by atoms with van der Waals surface area (Å²) in [6, 6.07) is 0. The van der Waals surface area contributed by atoms with Crippen molar-refractivity contribution in [3.63, 3.8) is 0 Å². The molecule has 0 spiro atoms. The Kier molecular flexibility index (Phi) is 3.28. The molecular formula is C9H15NO3. The Labute approximate surface area is 77.6 Å². The third-order valence-corrected chi connectivity index (χ3v) is 1.84. The number of hydrogen-bond donors (Lipinski definition) is 1. The topological polar surface area (TPSA) is 58.9 Å². The van der Waals surface area contributed by atoms with Crippen LogP contribution < -0.4 is 0 Å². The van der Waals surface area contributed by atoms with Crippen LogP contribution in [0.4, 0.5) is 0 Å². The predicted molar refractivity (Wildman–Crippen MR) is 48.6 cm³/mol. The van der Waals surface area contributed by atoms with E-state index in [0.29, 0.717) is 12.3 Å². The highest BCUT2D eigenvalue weighted by atomic mass is 16.6. The Bertz CT molecular complexity index is 223. The zero-order valence-corrected chi connectivity index (χ0v) is 7.99. The number of carboxylic acid groups (broad SMARTS) is 1. The molecule has 0 aromatic carbocycles. The minimum atomic E-state index is -0.828. The first-order chi connectivity index (χ1) is 6.08. The lowest BCUT2D eigenvalue weighted by atomic mass is 10.0. The summed E-state index contributed by atoms with van der Waals surface area (Å²) in [7, 11) is 0. The van der Waals surface area contributed by atoms with E-state index in [1.165, 1.54) is 0 Å². The molecule has 74 valence electrons. The molecule has 0 saturated heterocycles. The Hall–Kier alpha value is -1.06. The van der Waals surface area contributed by atoms with Crippen LogP contribution in [0.5, 0.6) is 0 Å². The van der Waals surface area contributed by atoms with Gasteiger partial charge in [-0.15, -0.1) is 0 Å². The monoisotopic (exact) mass is 185 g/mol. The van der Waals surface area contributed by atoms with E-state index in [2.05, 4.69) is 19.0 Å². The summed E-state index contributed by atoms with van der Waals surface area (Å²) >= 11 is 0. The Morgan fingerprint density at radius 2 is 2.46 bits per heavy atom. The zero-order chi connectivity index (χ0) is 9.84. The van der Waals surface area contributed by atoms with Gasteiger partial charge in [0, 0.05) is 6.42 Å². The average molecular weight is 185 g/mol. The van der Waals surface area contributed by atoms with E-state index in [0.717, 1.165) is 12.1 Å². The fraction of sp³-hybridized carbons (Fsp3) is 0.778. The van der Waals surface area contributed by atoms with E-state index in [1.54, 1.807) is 0 Å². The van der Waals surface area contributed by atoms with E-state index < -0.39 is 5.97 Å². The van der Waals surface area contributed by atoms with Crippen LogP contribution >= 0.6 is 0 Å². The Morgan fingerprint density at radius 3 is 3.00 bits per heavy atom. The molecule has 0 aromatic rings. The summed E-state index contributed by atoms with van der Waals surface area (Å²) in [4.78, 5) is 15.3. The van der Waals surface area contributed by atoms with Gasteiger partial charge in [0.2, 0.25) is 0 Å². The maximum Gasteiger partial charge on any atom is 0.307 e. The van der Waals surface area contributed by atoms with Crippen molar-refractivity contribution in [2.75, 3.05) is 0 Å². The molecule has 1 aliphatic heterocycles. The number of nitrogens with zero attached hydrogens (tertiary/aromatic N) is 1. The summed E-state index contributed by atoms with van der Waals surface area (Å²) < 4.78 is 0. The molecule has 4 heteroatoms. The van der Waals surface area contributed by atoms with E-state index in [1.807, 2.05) is 0 Å². The number of aliphatic carboxylic acids is 1. The Balaban J connectivity index is 2.29. The van der Waals surface area contributed by atoms with Gasteiger partial charge in [0.1, 0.15) is 6.10 Å². The highest BCUT2D eigenvalue weighted by Crippen LogP contribution is 2.18. The number of carboxylic acids is 1. The van der Waals surface area contributed by atoms with Gasteiger partial charge >= 0.3 is 5.97 Å². The molecule has 0 bridgehead atoms. The number of oxime groups is 1. The van der Waals surface area contributed by atoms with Crippen molar-refractivity contribution < 1.29 is 14.7 Å². The summed E-state index contributed by atoms with van der Waals surface area (Å²) in [6.45, 7) is 4.21. The lowest BCUT2D eigenvalue weighted by molar-refractivity contribution is -0.139. The van der Waals surface area contributed by atoms with Gasteiger partial charge in [0.05, 0.1) is 12.1 Å². The molecule has 0 amide bonds. The molecule has 0 fully saturated rings. The standard InChI is InChI=1S/C9H15NO3/c1-6(2)3-7-4-8(13-10-7)5-9(11)12/h6,8H,3-5H2,1-2H3,(H,11,12). The third-order valence-electron chi connectivity index (χ3n) is 1.84. The molecule has 13 heavy (non-hydrogen) atoms. The molecule has 4 nitrogen and oxygen atoms in total. The minimum absolute atomic E-state index is 0.0467. The van der Waals surface area contributed by atoms with Gasteiger partial charge in [-0.1, -0.05) is 19.0 Å². The van der Waals surface area contributed by atoms with Crippen LogP contribution in [0.15, 0.2) is 5.16 Å². The van der Waals surface area contributed by atoms with Crippen LogP contribution in [0.1, 0.15) is 33.1 Å². The molecule has 1 heterocycles. The van der Waals surface area contributed by atoms with Gasteiger partial charge in [-0.25, -0.2) is 0 Å². The zero-order valence-electron chi connectivity index (χ0n) is 7.99. The lowest BCUT2D eigenvalue weighted by Gasteiger charge is -2.04. The molecule has 1 aliphatic rings. The maximum absolute atomic E-state index is 10.4.